The third kappa shape index (κ3) is 4.81. The molecule has 1 atom stereocenters. The zero-order chi connectivity index (χ0) is 24.6. The van der Waals surface area contributed by atoms with Crippen molar-refractivity contribution in [2.75, 3.05) is 29.4 Å². The average molecular weight is 486 g/mol. The van der Waals surface area contributed by atoms with Crippen molar-refractivity contribution >= 4 is 11.5 Å². The summed E-state index contributed by atoms with van der Waals surface area (Å²) in [6, 6.07) is 11.4. The van der Waals surface area contributed by atoms with Crippen LogP contribution < -0.4 is 9.80 Å². The molecule has 5 rings (SSSR count). The first kappa shape index (κ1) is 23.5. The van der Waals surface area contributed by atoms with Crippen LogP contribution in [0.5, 0.6) is 0 Å². The number of pyridine rings is 1. The molecule has 0 N–H and O–H groups in total. The second kappa shape index (κ2) is 9.43. The Balaban J connectivity index is 1.24. The number of benzene rings is 1. The molecule has 35 heavy (non-hydrogen) atoms. The van der Waals surface area contributed by atoms with E-state index in [4.69, 9.17) is 0 Å². The molecular formula is C26H27F4N5. The minimum Gasteiger partial charge on any atom is -0.367 e. The molecule has 1 fully saturated rings. The topological polar surface area (TPSA) is 45.2 Å². The van der Waals surface area contributed by atoms with Crippen molar-refractivity contribution < 1.29 is 17.6 Å². The summed E-state index contributed by atoms with van der Waals surface area (Å²) < 4.78 is 52.2. The molecule has 5 nitrogen and oxygen atoms in total. The number of hydrogen-bond donors (Lipinski definition) is 0. The normalized spacial score (nSPS) is 18.7. The predicted octanol–water partition coefficient (Wildman–Crippen LogP) is 6.07. The van der Waals surface area contributed by atoms with Crippen LogP contribution in [0.25, 0.3) is 11.3 Å². The van der Waals surface area contributed by atoms with E-state index in [1.807, 2.05) is 12.1 Å². The molecule has 1 unspecified atom stereocenters. The average Bonchev–Trinajstić information content (AvgIpc) is 3.21. The molecule has 4 heterocycles. The fraction of sp³-hybridized carbons (Fsp3) is 0.423. The molecule has 0 spiro atoms. The molecule has 2 aromatic heterocycles. The molecule has 3 aromatic rings. The zero-order valence-corrected chi connectivity index (χ0v) is 19.5. The maximum Gasteiger partial charge on any atom is 0.433 e. The highest BCUT2D eigenvalue weighted by atomic mass is 19.4. The summed E-state index contributed by atoms with van der Waals surface area (Å²) in [4.78, 5) is 8.05. The lowest BCUT2D eigenvalue weighted by atomic mass is 9.97. The lowest BCUT2D eigenvalue weighted by Gasteiger charge is -2.38. The van der Waals surface area contributed by atoms with Crippen molar-refractivity contribution in [2.45, 2.75) is 50.7 Å². The summed E-state index contributed by atoms with van der Waals surface area (Å²) in [6.45, 7) is 4.73. The van der Waals surface area contributed by atoms with Crippen LogP contribution in [0.3, 0.4) is 0 Å². The second-order valence-corrected chi connectivity index (χ2v) is 9.27. The van der Waals surface area contributed by atoms with E-state index < -0.39 is 11.9 Å². The summed E-state index contributed by atoms with van der Waals surface area (Å²) in [5, 5.41) is 8.54. The first-order valence-electron chi connectivity index (χ1n) is 12.0. The fourth-order valence-corrected chi connectivity index (χ4v) is 5.25. The Morgan fingerprint density at radius 1 is 1.00 bits per heavy atom. The maximum absolute atomic E-state index is 14.0. The SMILES string of the molecule is CCCC1CN(C2CCN(c3ccc(-c4ccc(C(F)(F)F)nc4)nn3)CC2)c2cc(F)ccc21. The summed E-state index contributed by atoms with van der Waals surface area (Å²) in [7, 11) is 0. The van der Waals surface area contributed by atoms with Crippen molar-refractivity contribution in [2.24, 2.45) is 0 Å². The third-order valence-electron chi connectivity index (χ3n) is 7.03. The van der Waals surface area contributed by atoms with Crippen molar-refractivity contribution in [3.63, 3.8) is 0 Å². The highest BCUT2D eigenvalue weighted by Crippen LogP contribution is 2.42. The standard InChI is InChI=1S/C26H27F4N5/c1-2-3-18-16-35(23-14-19(27)5-6-21(18)23)20-10-12-34(13-11-20)25-9-7-22(32-33-25)17-4-8-24(31-15-17)26(28,29)30/h4-9,14-15,18,20H,2-3,10-13,16H2,1H3. The Labute approximate surface area is 201 Å². The number of rotatable bonds is 5. The van der Waals surface area contributed by atoms with Crippen molar-refractivity contribution in [1.82, 2.24) is 15.2 Å². The van der Waals surface area contributed by atoms with Crippen LogP contribution in [0.15, 0.2) is 48.7 Å². The van der Waals surface area contributed by atoms with Crippen molar-refractivity contribution in [3.05, 3.63) is 65.7 Å². The zero-order valence-electron chi connectivity index (χ0n) is 19.5. The summed E-state index contributed by atoms with van der Waals surface area (Å²) in [6.07, 6.45) is 0.764. The van der Waals surface area contributed by atoms with Crippen LogP contribution in [-0.4, -0.2) is 40.9 Å². The lowest BCUT2D eigenvalue weighted by Crippen LogP contribution is -2.45. The molecule has 2 aliphatic rings. The highest BCUT2D eigenvalue weighted by Gasteiger charge is 2.35. The highest BCUT2D eigenvalue weighted by molar-refractivity contribution is 5.62. The molecule has 2 aliphatic heterocycles. The van der Waals surface area contributed by atoms with Crippen LogP contribution in [0.1, 0.15) is 49.8 Å². The molecule has 184 valence electrons. The predicted molar refractivity (Wildman–Crippen MR) is 127 cm³/mol. The Bertz CT molecular complexity index is 1160. The Kier molecular flexibility index (Phi) is 6.34. The third-order valence-corrected chi connectivity index (χ3v) is 7.03. The van der Waals surface area contributed by atoms with Gasteiger partial charge in [0.15, 0.2) is 5.82 Å². The number of hydrogen-bond acceptors (Lipinski definition) is 5. The van der Waals surface area contributed by atoms with Crippen LogP contribution in [0.4, 0.5) is 29.1 Å². The lowest BCUT2D eigenvalue weighted by molar-refractivity contribution is -0.141. The number of piperidine rings is 1. The number of aromatic nitrogens is 3. The van der Waals surface area contributed by atoms with Gasteiger partial charge in [-0.2, -0.15) is 13.2 Å². The molecule has 0 amide bonds. The number of anilines is 2. The van der Waals surface area contributed by atoms with Gasteiger partial charge in [0.1, 0.15) is 11.5 Å². The molecule has 1 saturated heterocycles. The van der Waals surface area contributed by atoms with E-state index in [0.29, 0.717) is 23.2 Å². The van der Waals surface area contributed by atoms with Gasteiger partial charge in [0, 0.05) is 49.0 Å². The number of nitrogens with zero attached hydrogens (tertiary/aromatic N) is 5. The van der Waals surface area contributed by atoms with E-state index >= 15 is 0 Å². The fourth-order valence-electron chi connectivity index (χ4n) is 5.25. The summed E-state index contributed by atoms with van der Waals surface area (Å²) in [5.41, 5.74) is 2.32. The Morgan fingerprint density at radius 3 is 2.43 bits per heavy atom. The smallest absolute Gasteiger partial charge is 0.367 e. The monoisotopic (exact) mass is 485 g/mol. The quantitative estimate of drug-likeness (QED) is 0.411. The van der Waals surface area contributed by atoms with E-state index in [1.165, 1.54) is 17.8 Å². The van der Waals surface area contributed by atoms with E-state index in [1.54, 1.807) is 18.2 Å². The van der Waals surface area contributed by atoms with Crippen LogP contribution in [0.2, 0.25) is 0 Å². The minimum absolute atomic E-state index is 0.193. The number of halogens is 4. The molecule has 0 aliphatic carbocycles. The van der Waals surface area contributed by atoms with Gasteiger partial charge in [-0.25, -0.2) is 4.39 Å². The first-order valence-corrected chi connectivity index (χ1v) is 12.0. The van der Waals surface area contributed by atoms with Crippen LogP contribution >= 0.6 is 0 Å². The van der Waals surface area contributed by atoms with Gasteiger partial charge < -0.3 is 9.80 Å². The van der Waals surface area contributed by atoms with E-state index in [0.717, 1.165) is 62.9 Å². The van der Waals surface area contributed by atoms with Gasteiger partial charge >= 0.3 is 6.18 Å². The molecule has 1 aromatic carbocycles. The molecule has 0 bridgehead atoms. The second-order valence-electron chi connectivity index (χ2n) is 9.27. The molecule has 9 heteroatoms. The van der Waals surface area contributed by atoms with Gasteiger partial charge in [0.2, 0.25) is 0 Å². The summed E-state index contributed by atoms with van der Waals surface area (Å²) >= 11 is 0. The van der Waals surface area contributed by atoms with Crippen molar-refractivity contribution in [1.29, 1.82) is 0 Å². The number of alkyl halides is 3. The van der Waals surface area contributed by atoms with E-state index in [-0.39, 0.29) is 5.82 Å². The largest absolute Gasteiger partial charge is 0.433 e. The molecule has 0 radical (unpaired) electrons. The van der Waals surface area contributed by atoms with Crippen LogP contribution in [-0.2, 0) is 6.18 Å². The van der Waals surface area contributed by atoms with Gasteiger partial charge in [-0.15, -0.1) is 10.2 Å². The first-order chi connectivity index (χ1) is 16.8. The Morgan fingerprint density at radius 2 is 1.80 bits per heavy atom. The van der Waals surface area contributed by atoms with Gasteiger partial charge in [-0.3, -0.25) is 4.98 Å². The van der Waals surface area contributed by atoms with Gasteiger partial charge in [-0.1, -0.05) is 19.4 Å². The van der Waals surface area contributed by atoms with E-state index in [9.17, 15) is 17.6 Å². The van der Waals surface area contributed by atoms with Gasteiger partial charge in [0.05, 0.1) is 5.69 Å². The molecule has 0 saturated carbocycles. The number of fused-ring (bicyclic) bond motifs is 1. The Hall–Kier alpha value is -3.23. The van der Waals surface area contributed by atoms with E-state index in [2.05, 4.69) is 31.9 Å². The van der Waals surface area contributed by atoms with Gasteiger partial charge in [-0.05, 0) is 61.2 Å². The minimum atomic E-state index is -4.47. The molecular weight excluding hydrogens is 458 g/mol. The summed E-state index contributed by atoms with van der Waals surface area (Å²) in [5.74, 6) is 0.998. The maximum atomic E-state index is 14.0. The van der Waals surface area contributed by atoms with Crippen molar-refractivity contribution in [3.8, 4) is 11.3 Å². The van der Waals surface area contributed by atoms with Gasteiger partial charge in [0.25, 0.3) is 0 Å². The van der Waals surface area contributed by atoms with Crippen LogP contribution in [0, 0.1) is 5.82 Å².